The molecule has 2 atom stereocenters. The number of thioether (sulfide) groups is 1. The normalized spacial score (nSPS) is 21.5. The lowest BCUT2D eigenvalue weighted by molar-refractivity contribution is 0.372. The number of hydrogen-bond donors (Lipinski definition) is 2. The number of hydrogen-bond acceptors (Lipinski definition) is 5. The molecule has 136 valence electrons. The van der Waals surface area contributed by atoms with Gasteiger partial charge in [-0.25, -0.2) is 0 Å². The molecular formula is C17H31N5OS. The van der Waals surface area contributed by atoms with Crippen LogP contribution in [0.5, 0.6) is 0 Å². The molecule has 1 heterocycles. The molecule has 1 aromatic heterocycles. The van der Waals surface area contributed by atoms with Gasteiger partial charge in [0, 0.05) is 30.2 Å². The maximum Gasteiger partial charge on any atom is 0.228 e. The molecule has 24 heavy (non-hydrogen) atoms. The molecule has 1 aliphatic carbocycles. The molecule has 0 aliphatic heterocycles. The van der Waals surface area contributed by atoms with E-state index in [0.717, 1.165) is 23.6 Å². The van der Waals surface area contributed by atoms with Crippen molar-refractivity contribution in [2.45, 2.75) is 70.6 Å². The number of aromatic nitrogens is 2. The molecule has 1 aromatic rings. The van der Waals surface area contributed by atoms with Crippen LogP contribution in [0.2, 0.25) is 0 Å². The Morgan fingerprint density at radius 3 is 2.88 bits per heavy atom. The lowest BCUT2D eigenvalue weighted by atomic mass is 10.2. The summed E-state index contributed by atoms with van der Waals surface area (Å²) < 4.78 is 5.27. The third-order valence-corrected chi connectivity index (χ3v) is 5.30. The summed E-state index contributed by atoms with van der Waals surface area (Å²) in [6, 6.07) is 0.530. The zero-order valence-electron chi connectivity index (χ0n) is 15.3. The Kier molecular flexibility index (Phi) is 7.88. The molecule has 2 N–H and O–H groups in total. The van der Waals surface area contributed by atoms with Crippen molar-refractivity contribution >= 4 is 17.7 Å². The Bertz CT molecular complexity index is 517. The van der Waals surface area contributed by atoms with Crippen LogP contribution in [0.3, 0.4) is 0 Å². The van der Waals surface area contributed by atoms with E-state index in [9.17, 15) is 0 Å². The summed E-state index contributed by atoms with van der Waals surface area (Å²) >= 11 is 2.07. The van der Waals surface area contributed by atoms with Gasteiger partial charge in [0.15, 0.2) is 11.8 Å². The lowest BCUT2D eigenvalue weighted by Gasteiger charge is -2.17. The second-order valence-electron chi connectivity index (χ2n) is 6.44. The Morgan fingerprint density at radius 2 is 2.21 bits per heavy atom. The Hall–Kier alpha value is -1.24. The van der Waals surface area contributed by atoms with Crippen LogP contribution in [0.4, 0.5) is 0 Å². The van der Waals surface area contributed by atoms with Gasteiger partial charge in [0.2, 0.25) is 5.89 Å². The van der Waals surface area contributed by atoms with Crippen LogP contribution in [0, 0.1) is 0 Å². The van der Waals surface area contributed by atoms with E-state index >= 15 is 0 Å². The first-order valence-corrected chi connectivity index (χ1v) is 10.2. The van der Waals surface area contributed by atoms with Crippen LogP contribution in [0.1, 0.15) is 64.6 Å². The van der Waals surface area contributed by atoms with Gasteiger partial charge in [-0.15, -0.1) is 0 Å². The topological polar surface area (TPSA) is 75.3 Å². The molecule has 2 unspecified atom stereocenters. The van der Waals surface area contributed by atoms with Crippen molar-refractivity contribution in [2.24, 2.45) is 4.99 Å². The summed E-state index contributed by atoms with van der Waals surface area (Å²) in [4.78, 5) is 9.05. The highest BCUT2D eigenvalue weighted by Gasteiger charge is 2.25. The SMILES string of the molecule is CCNC(=NCCc1nc(C(C)C)no1)NC1CCC(SCC)C1. The average Bonchev–Trinajstić information content (AvgIpc) is 3.17. The molecule has 2 rings (SSSR count). The molecular weight excluding hydrogens is 322 g/mol. The van der Waals surface area contributed by atoms with Crippen molar-refractivity contribution in [2.75, 3.05) is 18.8 Å². The van der Waals surface area contributed by atoms with Gasteiger partial charge in [-0.2, -0.15) is 16.7 Å². The fourth-order valence-electron chi connectivity index (χ4n) is 2.84. The van der Waals surface area contributed by atoms with Gasteiger partial charge in [-0.1, -0.05) is 25.9 Å². The Labute approximate surface area is 149 Å². The van der Waals surface area contributed by atoms with E-state index in [4.69, 9.17) is 4.52 Å². The maximum atomic E-state index is 5.27. The van der Waals surface area contributed by atoms with Gasteiger partial charge in [0.05, 0.1) is 6.54 Å². The molecule has 6 nitrogen and oxygen atoms in total. The second-order valence-corrected chi connectivity index (χ2v) is 8.02. The predicted molar refractivity (Wildman–Crippen MR) is 101 cm³/mol. The van der Waals surface area contributed by atoms with Crippen LogP contribution in [-0.4, -0.2) is 46.2 Å². The van der Waals surface area contributed by atoms with Crippen LogP contribution in [0.15, 0.2) is 9.52 Å². The highest BCUT2D eigenvalue weighted by atomic mass is 32.2. The average molecular weight is 354 g/mol. The van der Waals surface area contributed by atoms with E-state index in [1.165, 1.54) is 25.0 Å². The van der Waals surface area contributed by atoms with E-state index in [1.54, 1.807) is 0 Å². The van der Waals surface area contributed by atoms with Gasteiger partial charge in [0.1, 0.15) is 0 Å². The lowest BCUT2D eigenvalue weighted by Crippen LogP contribution is -2.42. The van der Waals surface area contributed by atoms with E-state index in [1.807, 2.05) is 0 Å². The smallest absolute Gasteiger partial charge is 0.228 e. The first-order valence-electron chi connectivity index (χ1n) is 9.11. The van der Waals surface area contributed by atoms with E-state index in [0.29, 0.717) is 30.8 Å². The Balaban J connectivity index is 1.81. The summed E-state index contributed by atoms with van der Waals surface area (Å²) in [7, 11) is 0. The molecule has 0 radical (unpaired) electrons. The zero-order chi connectivity index (χ0) is 17.4. The minimum absolute atomic E-state index is 0.293. The van der Waals surface area contributed by atoms with E-state index < -0.39 is 0 Å². The standard InChI is InChI=1S/C17H31N5OS/c1-5-18-17(20-13-7-8-14(11-13)24-6-2)19-10-9-15-21-16(12(3)4)22-23-15/h12-14H,5-11H2,1-4H3,(H2,18,19,20). The third-order valence-electron chi connectivity index (χ3n) is 4.07. The van der Waals surface area contributed by atoms with Gasteiger partial charge in [-0.3, -0.25) is 4.99 Å². The van der Waals surface area contributed by atoms with Crippen molar-refractivity contribution in [1.82, 2.24) is 20.8 Å². The van der Waals surface area contributed by atoms with Crippen LogP contribution in [-0.2, 0) is 6.42 Å². The van der Waals surface area contributed by atoms with Gasteiger partial charge < -0.3 is 15.2 Å². The van der Waals surface area contributed by atoms with Crippen LogP contribution in [0.25, 0.3) is 0 Å². The molecule has 1 aliphatic rings. The first kappa shape index (κ1) is 19.1. The van der Waals surface area contributed by atoms with E-state index in [-0.39, 0.29) is 0 Å². The molecule has 1 saturated carbocycles. The fraction of sp³-hybridized carbons (Fsp3) is 0.824. The number of guanidine groups is 1. The minimum atomic E-state index is 0.293. The molecule has 7 heteroatoms. The van der Waals surface area contributed by atoms with Crippen molar-refractivity contribution < 1.29 is 4.52 Å². The third kappa shape index (κ3) is 6.00. The molecule has 0 saturated heterocycles. The summed E-state index contributed by atoms with van der Waals surface area (Å²) in [6.45, 7) is 9.96. The maximum absolute atomic E-state index is 5.27. The van der Waals surface area contributed by atoms with Crippen molar-refractivity contribution in [3.05, 3.63) is 11.7 Å². The van der Waals surface area contributed by atoms with Crippen molar-refractivity contribution in [3.8, 4) is 0 Å². The predicted octanol–water partition coefficient (Wildman–Crippen LogP) is 2.96. The fourth-order valence-corrected chi connectivity index (χ4v) is 3.98. The molecule has 0 bridgehead atoms. The van der Waals surface area contributed by atoms with Gasteiger partial charge in [0.25, 0.3) is 0 Å². The number of nitrogens with one attached hydrogen (secondary N) is 2. The molecule has 0 aromatic carbocycles. The van der Waals surface area contributed by atoms with Crippen LogP contribution < -0.4 is 10.6 Å². The zero-order valence-corrected chi connectivity index (χ0v) is 16.2. The highest BCUT2D eigenvalue weighted by Crippen LogP contribution is 2.29. The van der Waals surface area contributed by atoms with Gasteiger partial charge >= 0.3 is 0 Å². The first-order chi connectivity index (χ1) is 11.6. The largest absolute Gasteiger partial charge is 0.357 e. The molecule has 0 amide bonds. The summed E-state index contributed by atoms with van der Waals surface area (Å²) in [5, 5.41) is 11.7. The van der Waals surface area contributed by atoms with Crippen molar-refractivity contribution in [1.29, 1.82) is 0 Å². The number of aliphatic imine (C=N–C) groups is 1. The molecule has 0 spiro atoms. The monoisotopic (exact) mass is 353 g/mol. The molecule has 1 fully saturated rings. The van der Waals surface area contributed by atoms with E-state index in [2.05, 4.69) is 65.2 Å². The highest BCUT2D eigenvalue weighted by molar-refractivity contribution is 7.99. The minimum Gasteiger partial charge on any atom is -0.357 e. The Morgan fingerprint density at radius 1 is 1.38 bits per heavy atom. The summed E-state index contributed by atoms with van der Waals surface area (Å²) in [5.41, 5.74) is 0. The number of nitrogens with zero attached hydrogens (tertiary/aromatic N) is 3. The summed E-state index contributed by atoms with van der Waals surface area (Å²) in [5.74, 6) is 3.83. The van der Waals surface area contributed by atoms with Gasteiger partial charge in [-0.05, 0) is 31.9 Å². The quantitative estimate of drug-likeness (QED) is 0.553. The summed E-state index contributed by atoms with van der Waals surface area (Å²) in [6.07, 6.45) is 4.43. The van der Waals surface area contributed by atoms with Crippen LogP contribution >= 0.6 is 11.8 Å². The van der Waals surface area contributed by atoms with Crippen molar-refractivity contribution in [3.63, 3.8) is 0 Å². The number of rotatable bonds is 8. The second kappa shape index (κ2) is 9.91.